The van der Waals surface area contributed by atoms with Gasteiger partial charge >= 0.3 is 5.69 Å². The zero-order valence-electron chi connectivity index (χ0n) is 15.6. The van der Waals surface area contributed by atoms with Gasteiger partial charge in [-0.25, -0.2) is 19.7 Å². The van der Waals surface area contributed by atoms with E-state index < -0.39 is 0 Å². The van der Waals surface area contributed by atoms with Crippen molar-refractivity contribution in [2.75, 3.05) is 5.32 Å². The lowest BCUT2D eigenvalue weighted by Gasteiger charge is -2.13. The fourth-order valence-electron chi connectivity index (χ4n) is 4.48. The van der Waals surface area contributed by atoms with Crippen LogP contribution in [0, 0.1) is 0 Å². The van der Waals surface area contributed by atoms with E-state index in [1.54, 1.807) is 10.8 Å². The molecule has 2 N–H and O–H groups in total. The Labute approximate surface area is 157 Å². The highest BCUT2D eigenvalue weighted by molar-refractivity contribution is 5.70. The maximum absolute atomic E-state index is 13.1. The summed E-state index contributed by atoms with van der Waals surface area (Å²) in [6.45, 7) is 3.38. The van der Waals surface area contributed by atoms with Crippen LogP contribution in [0.4, 0.5) is 5.82 Å². The maximum atomic E-state index is 13.1. The number of hydrogen-bond donors (Lipinski definition) is 2. The number of nitrogens with zero attached hydrogens (tertiary/aromatic N) is 5. The molecular weight excluding hydrogens is 342 g/mol. The molecular formula is C19H25N7O. The average Bonchev–Trinajstić information content (AvgIpc) is 3.44. The molecule has 0 bridgehead atoms. The standard InChI is InChI=1S/C19H25N7O/c1-2-9-25-18-15(23-16(24-18)12-5-3-4-6-12)17-22-13(11-26(17)19(25)27)10-14-20-7-8-21-14/h7-8,12-13,22H,2-6,9-11H2,1H3,(H,20,21). The summed E-state index contributed by atoms with van der Waals surface area (Å²) in [5.74, 6) is 3.82. The van der Waals surface area contributed by atoms with E-state index in [9.17, 15) is 4.79 Å². The molecule has 1 saturated carbocycles. The van der Waals surface area contributed by atoms with Crippen molar-refractivity contribution in [1.82, 2.24) is 29.1 Å². The molecule has 0 amide bonds. The summed E-state index contributed by atoms with van der Waals surface area (Å²) in [5, 5.41) is 3.52. The Balaban J connectivity index is 1.57. The molecule has 142 valence electrons. The van der Waals surface area contributed by atoms with Gasteiger partial charge in [-0.2, -0.15) is 0 Å². The lowest BCUT2D eigenvalue weighted by atomic mass is 10.1. The fraction of sp³-hybridized carbons (Fsp3) is 0.579. The highest BCUT2D eigenvalue weighted by Gasteiger charge is 2.33. The topological polar surface area (TPSA) is 93.4 Å². The molecule has 8 nitrogen and oxygen atoms in total. The summed E-state index contributed by atoms with van der Waals surface area (Å²) in [6, 6.07) is 0.121. The van der Waals surface area contributed by atoms with Gasteiger partial charge in [-0.05, 0) is 19.3 Å². The minimum absolute atomic E-state index is 0.00617. The van der Waals surface area contributed by atoms with Crippen LogP contribution >= 0.6 is 0 Å². The van der Waals surface area contributed by atoms with Crippen molar-refractivity contribution < 1.29 is 0 Å². The minimum Gasteiger partial charge on any atom is -0.364 e. The Bertz CT molecular complexity index is 965. The number of fused-ring (bicyclic) bond motifs is 3. The van der Waals surface area contributed by atoms with Crippen LogP contribution in [-0.4, -0.2) is 35.1 Å². The van der Waals surface area contributed by atoms with Gasteiger partial charge in [0, 0.05) is 37.8 Å². The Hall–Kier alpha value is -2.64. The van der Waals surface area contributed by atoms with Crippen LogP contribution in [0.2, 0.25) is 0 Å². The summed E-state index contributed by atoms with van der Waals surface area (Å²) in [4.78, 5) is 30.3. The molecule has 3 aliphatic heterocycles. The molecule has 1 aliphatic carbocycles. The van der Waals surface area contributed by atoms with Crippen molar-refractivity contribution in [3.63, 3.8) is 0 Å². The highest BCUT2D eigenvalue weighted by Crippen LogP contribution is 2.37. The van der Waals surface area contributed by atoms with E-state index in [2.05, 4.69) is 22.2 Å². The van der Waals surface area contributed by atoms with Crippen LogP contribution < -0.4 is 11.0 Å². The molecule has 8 heteroatoms. The van der Waals surface area contributed by atoms with E-state index in [1.165, 1.54) is 12.8 Å². The Kier molecular flexibility index (Phi) is 3.98. The number of H-pyrrole nitrogens is 1. The van der Waals surface area contributed by atoms with Gasteiger partial charge in [-0.15, -0.1) is 0 Å². The fourth-order valence-corrected chi connectivity index (χ4v) is 4.48. The molecule has 0 saturated heterocycles. The van der Waals surface area contributed by atoms with Crippen molar-refractivity contribution >= 4 is 5.82 Å². The van der Waals surface area contributed by atoms with E-state index in [0.717, 1.165) is 54.7 Å². The van der Waals surface area contributed by atoms with Crippen molar-refractivity contribution in [3.05, 3.63) is 34.5 Å². The van der Waals surface area contributed by atoms with Crippen LogP contribution in [0.1, 0.15) is 56.6 Å². The minimum atomic E-state index is 0.00617. The van der Waals surface area contributed by atoms with Gasteiger partial charge in [0.1, 0.15) is 23.2 Å². The van der Waals surface area contributed by atoms with Gasteiger partial charge in [-0.3, -0.25) is 9.13 Å². The molecule has 5 rings (SSSR count). The van der Waals surface area contributed by atoms with E-state index >= 15 is 0 Å². The zero-order chi connectivity index (χ0) is 18.4. The first-order chi connectivity index (χ1) is 13.2. The number of aromatic nitrogens is 6. The first-order valence-electron chi connectivity index (χ1n) is 10.0. The average molecular weight is 367 g/mol. The SMILES string of the molecule is CCCn1c2nc(C3CCCC3)nc-2c2n(c1=O)CC(Cc1ncc[nH]1)N2. The maximum Gasteiger partial charge on any atom is 0.331 e. The van der Waals surface area contributed by atoms with Gasteiger partial charge in [0.25, 0.3) is 0 Å². The van der Waals surface area contributed by atoms with Crippen LogP contribution in [0.15, 0.2) is 17.2 Å². The molecule has 1 aromatic rings. The van der Waals surface area contributed by atoms with E-state index in [4.69, 9.17) is 9.97 Å². The third kappa shape index (κ3) is 2.74. The Morgan fingerprint density at radius 1 is 1.26 bits per heavy atom. The first kappa shape index (κ1) is 16.5. The number of nitrogens with one attached hydrogen (secondary N) is 2. The van der Waals surface area contributed by atoms with Gasteiger partial charge < -0.3 is 10.3 Å². The second-order valence-electron chi connectivity index (χ2n) is 7.71. The predicted octanol–water partition coefficient (Wildman–Crippen LogP) is 2.37. The summed E-state index contributed by atoms with van der Waals surface area (Å²) in [6.07, 6.45) is 10.0. The van der Waals surface area contributed by atoms with E-state index in [1.807, 2.05) is 10.8 Å². The zero-order valence-corrected chi connectivity index (χ0v) is 15.6. The van der Waals surface area contributed by atoms with Crippen molar-refractivity contribution in [2.24, 2.45) is 0 Å². The highest BCUT2D eigenvalue weighted by atomic mass is 16.1. The Morgan fingerprint density at radius 3 is 2.85 bits per heavy atom. The lowest BCUT2D eigenvalue weighted by Crippen LogP contribution is -2.32. The molecule has 0 spiro atoms. The molecule has 27 heavy (non-hydrogen) atoms. The molecule has 1 atom stereocenters. The molecule has 0 radical (unpaired) electrons. The number of aromatic amines is 1. The number of hydrogen-bond acceptors (Lipinski definition) is 5. The van der Waals surface area contributed by atoms with Gasteiger partial charge in [0.15, 0.2) is 5.82 Å². The van der Waals surface area contributed by atoms with Crippen molar-refractivity contribution in [2.45, 2.75) is 70.5 Å². The summed E-state index contributed by atoms with van der Waals surface area (Å²) < 4.78 is 3.64. The van der Waals surface area contributed by atoms with Crippen molar-refractivity contribution in [1.29, 1.82) is 0 Å². The molecule has 1 aromatic heterocycles. The third-order valence-corrected chi connectivity index (χ3v) is 5.78. The molecule has 1 unspecified atom stereocenters. The summed E-state index contributed by atoms with van der Waals surface area (Å²) >= 11 is 0. The third-order valence-electron chi connectivity index (χ3n) is 5.78. The smallest absolute Gasteiger partial charge is 0.331 e. The molecule has 1 fully saturated rings. The second-order valence-corrected chi connectivity index (χ2v) is 7.71. The molecule has 4 aliphatic rings. The molecule has 4 heterocycles. The Morgan fingerprint density at radius 2 is 2.11 bits per heavy atom. The summed E-state index contributed by atoms with van der Waals surface area (Å²) in [7, 11) is 0. The number of imidazole rings is 2. The van der Waals surface area contributed by atoms with Crippen LogP contribution in [0.25, 0.3) is 11.5 Å². The number of anilines is 1. The van der Waals surface area contributed by atoms with Crippen molar-refractivity contribution in [3.8, 4) is 11.5 Å². The van der Waals surface area contributed by atoms with Gasteiger partial charge in [0.2, 0.25) is 0 Å². The van der Waals surface area contributed by atoms with Crippen LogP contribution in [0.3, 0.4) is 0 Å². The number of rotatable bonds is 5. The lowest BCUT2D eigenvalue weighted by molar-refractivity contribution is 0.556. The monoisotopic (exact) mass is 367 g/mol. The second kappa shape index (κ2) is 6.51. The predicted molar refractivity (Wildman–Crippen MR) is 102 cm³/mol. The first-order valence-corrected chi connectivity index (χ1v) is 10.0. The van der Waals surface area contributed by atoms with E-state index in [0.29, 0.717) is 19.0 Å². The van der Waals surface area contributed by atoms with Gasteiger partial charge in [0.05, 0.1) is 6.04 Å². The largest absolute Gasteiger partial charge is 0.364 e. The van der Waals surface area contributed by atoms with Gasteiger partial charge in [-0.1, -0.05) is 19.8 Å². The van der Waals surface area contributed by atoms with E-state index in [-0.39, 0.29) is 11.7 Å². The normalized spacial score (nSPS) is 19.7. The quantitative estimate of drug-likeness (QED) is 0.722. The molecule has 0 aromatic carbocycles. The van der Waals surface area contributed by atoms with Crippen LogP contribution in [-0.2, 0) is 19.5 Å². The summed E-state index contributed by atoms with van der Waals surface area (Å²) in [5.41, 5.74) is 0.846. The van der Waals surface area contributed by atoms with Crippen LogP contribution in [0.5, 0.6) is 0 Å².